The zero-order valence-corrected chi connectivity index (χ0v) is 13.0. The monoisotopic (exact) mass is 302 g/mol. The van der Waals surface area contributed by atoms with Crippen molar-refractivity contribution in [2.75, 3.05) is 11.9 Å². The average molecular weight is 302 g/mol. The Balaban J connectivity index is 1.55. The SMILES string of the molecule is CCc1ccc2nc(NCCCc3nc(C)no3)sc2c1. The molecule has 0 saturated heterocycles. The number of aromatic nitrogens is 3. The summed E-state index contributed by atoms with van der Waals surface area (Å²) in [4.78, 5) is 8.78. The number of nitrogens with zero attached hydrogens (tertiary/aromatic N) is 3. The first-order valence-electron chi connectivity index (χ1n) is 7.17. The van der Waals surface area contributed by atoms with Gasteiger partial charge < -0.3 is 9.84 Å². The Labute approximate surface area is 127 Å². The van der Waals surface area contributed by atoms with Crippen LogP contribution >= 0.6 is 11.3 Å². The highest BCUT2D eigenvalue weighted by Gasteiger charge is 2.05. The molecule has 0 atom stereocenters. The number of rotatable bonds is 6. The molecule has 0 bridgehead atoms. The van der Waals surface area contributed by atoms with Crippen LogP contribution in [0.1, 0.15) is 30.6 Å². The Morgan fingerprint density at radius 1 is 1.29 bits per heavy atom. The number of hydrogen-bond donors (Lipinski definition) is 1. The van der Waals surface area contributed by atoms with Crippen LogP contribution in [0.2, 0.25) is 0 Å². The fourth-order valence-corrected chi connectivity index (χ4v) is 3.10. The van der Waals surface area contributed by atoms with E-state index < -0.39 is 0 Å². The lowest BCUT2D eigenvalue weighted by molar-refractivity contribution is 0.373. The van der Waals surface area contributed by atoms with Gasteiger partial charge in [0.2, 0.25) is 5.89 Å². The first-order chi connectivity index (χ1) is 10.2. The van der Waals surface area contributed by atoms with Crippen molar-refractivity contribution in [1.29, 1.82) is 0 Å². The van der Waals surface area contributed by atoms with Gasteiger partial charge in [0, 0.05) is 13.0 Å². The van der Waals surface area contributed by atoms with Crippen LogP contribution in [0.4, 0.5) is 5.13 Å². The van der Waals surface area contributed by atoms with Gasteiger partial charge in [0.25, 0.3) is 0 Å². The molecule has 0 aliphatic heterocycles. The molecule has 0 saturated carbocycles. The minimum absolute atomic E-state index is 0.691. The predicted octanol–water partition coefficient (Wildman–Crippen LogP) is 3.59. The number of hydrogen-bond acceptors (Lipinski definition) is 6. The lowest BCUT2D eigenvalue weighted by atomic mass is 10.2. The fourth-order valence-electron chi connectivity index (χ4n) is 2.14. The number of aryl methyl sites for hydroxylation is 3. The van der Waals surface area contributed by atoms with Gasteiger partial charge in [-0.05, 0) is 37.5 Å². The van der Waals surface area contributed by atoms with Crippen molar-refractivity contribution in [3.8, 4) is 0 Å². The summed E-state index contributed by atoms with van der Waals surface area (Å²) in [5, 5.41) is 8.12. The van der Waals surface area contributed by atoms with E-state index in [0.29, 0.717) is 11.7 Å². The summed E-state index contributed by atoms with van der Waals surface area (Å²) in [6.07, 6.45) is 2.79. The van der Waals surface area contributed by atoms with Gasteiger partial charge in [-0.2, -0.15) is 4.98 Å². The third-order valence-electron chi connectivity index (χ3n) is 3.27. The average Bonchev–Trinajstić information content (AvgIpc) is 3.08. The maximum absolute atomic E-state index is 5.09. The first kappa shape index (κ1) is 14.0. The Bertz CT molecular complexity index is 734. The van der Waals surface area contributed by atoms with Crippen molar-refractivity contribution in [1.82, 2.24) is 15.1 Å². The maximum atomic E-state index is 5.09. The predicted molar refractivity (Wildman–Crippen MR) is 84.8 cm³/mol. The summed E-state index contributed by atoms with van der Waals surface area (Å²) < 4.78 is 6.33. The topological polar surface area (TPSA) is 63.8 Å². The molecule has 21 heavy (non-hydrogen) atoms. The highest BCUT2D eigenvalue weighted by molar-refractivity contribution is 7.22. The molecular formula is C15H18N4OS. The third-order valence-corrected chi connectivity index (χ3v) is 4.25. The highest BCUT2D eigenvalue weighted by Crippen LogP contribution is 2.26. The first-order valence-corrected chi connectivity index (χ1v) is 7.99. The highest BCUT2D eigenvalue weighted by atomic mass is 32.1. The van der Waals surface area contributed by atoms with E-state index in [1.165, 1.54) is 10.3 Å². The van der Waals surface area contributed by atoms with Crippen LogP contribution in [0.5, 0.6) is 0 Å². The van der Waals surface area contributed by atoms with Crippen molar-refractivity contribution < 1.29 is 4.52 Å². The zero-order chi connectivity index (χ0) is 14.7. The molecule has 110 valence electrons. The van der Waals surface area contributed by atoms with Gasteiger partial charge in [-0.1, -0.05) is 29.5 Å². The fraction of sp³-hybridized carbons (Fsp3) is 0.400. The minimum atomic E-state index is 0.691. The van der Waals surface area contributed by atoms with E-state index in [4.69, 9.17) is 4.52 Å². The van der Waals surface area contributed by atoms with Crippen LogP contribution in [0.25, 0.3) is 10.2 Å². The van der Waals surface area contributed by atoms with E-state index >= 15 is 0 Å². The van der Waals surface area contributed by atoms with Gasteiger partial charge in [-0.3, -0.25) is 0 Å². The van der Waals surface area contributed by atoms with Crippen LogP contribution in [-0.4, -0.2) is 21.7 Å². The van der Waals surface area contributed by atoms with Crippen molar-refractivity contribution >= 4 is 26.7 Å². The zero-order valence-electron chi connectivity index (χ0n) is 12.2. The molecule has 2 aromatic heterocycles. The quantitative estimate of drug-likeness (QED) is 0.705. The minimum Gasteiger partial charge on any atom is -0.361 e. The van der Waals surface area contributed by atoms with E-state index in [9.17, 15) is 0 Å². The van der Waals surface area contributed by atoms with Gasteiger partial charge in [0.05, 0.1) is 10.2 Å². The Morgan fingerprint density at radius 2 is 2.19 bits per heavy atom. The lowest BCUT2D eigenvalue weighted by Gasteiger charge is -1.99. The number of anilines is 1. The summed E-state index contributed by atoms with van der Waals surface area (Å²) in [7, 11) is 0. The van der Waals surface area contributed by atoms with Crippen LogP contribution < -0.4 is 5.32 Å². The van der Waals surface area contributed by atoms with E-state index in [1.54, 1.807) is 11.3 Å². The molecule has 0 aliphatic rings. The molecule has 0 amide bonds. The molecule has 5 nitrogen and oxygen atoms in total. The smallest absolute Gasteiger partial charge is 0.226 e. The van der Waals surface area contributed by atoms with Gasteiger partial charge in [-0.25, -0.2) is 4.98 Å². The largest absolute Gasteiger partial charge is 0.361 e. The lowest BCUT2D eigenvalue weighted by Crippen LogP contribution is -2.02. The third kappa shape index (κ3) is 3.39. The molecule has 6 heteroatoms. The van der Waals surface area contributed by atoms with Crippen molar-refractivity contribution in [3.63, 3.8) is 0 Å². The standard InChI is InChI=1S/C15H18N4OS/c1-3-11-6-7-12-13(9-11)21-15(18-12)16-8-4-5-14-17-10(2)19-20-14/h6-7,9H,3-5,8H2,1-2H3,(H,16,18). The summed E-state index contributed by atoms with van der Waals surface area (Å²) in [5.74, 6) is 1.39. The number of nitrogens with one attached hydrogen (secondary N) is 1. The van der Waals surface area contributed by atoms with Crippen molar-refractivity contribution in [3.05, 3.63) is 35.5 Å². The van der Waals surface area contributed by atoms with Gasteiger partial charge >= 0.3 is 0 Å². The normalized spacial score (nSPS) is 11.1. The van der Waals surface area contributed by atoms with E-state index in [2.05, 4.69) is 45.6 Å². The van der Waals surface area contributed by atoms with Crippen molar-refractivity contribution in [2.45, 2.75) is 33.1 Å². The molecule has 0 aliphatic carbocycles. The molecule has 1 aromatic carbocycles. The summed E-state index contributed by atoms with van der Waals surface area (Å²) in [6.45, 7) is 4.85. The van der Waals surface area contributed by atoms with E-state index in [1.807, 2.05) is 6.92 Å². The van der Waals surface area contributed by atoms with E-state index in [-0.39, 0.29) is 0 Å². The van der Waals surface area contributed by atoms with Crippen LogP contribution in [0.15, 0.2) is 22.7 Å². The van der Waals surface area contributed by atoms with Gasteiger partial charge in [0.15, 0.2) is 11.0 Å². The molecule has 0 unspecified atom stereocenters. The second-order valence-corrected chi connectivity index (χ2v) is 5.97. The van der Waals surface area contributed by atoms with E-state index in [0.717, 1.165) is 36.5 Å². The molecule has 2 heterocycles. The van der Waals surface area contributed by atoms with Gasteiger partial charge in [-0.15, -0.1) is 0 Å². The molecule has 1 N–H and O–H groups in total. The summed E-state index contributed by atoms with van der Waals surface area (Å²) >= 11 is 1.70. The number of benzene rings is 1. The Kier molecular flexibility index (Phi) is 4.15. The van der Waals surface area contributed by atoms with Crippen LogP contribution in [0, 0.1) is 6.92 Å². The number of fused-ring (bicyclic) bond motifs is 1. The summed E-state index contributed by atoms with van der Waals surface area (Å²) in [6, 6.07) is 6.46. The second kappa shape index (κ2) is 6.22. The second-order valence-electron chi connectivity index (χ2n) is 4.94. The molecule has 0 spiro atoms. The number of thiazole rings is 1. The Hall–Kier alpha value is -1.95. The maximum Gasteiger partial charge on any atom is 0.226 e. The van der Waals surface area contributed by atoms with Crippen molar-refractivity contribution in [2.24, 2.45) is 0 Å². The molecule has 3 aromatic rings. The van der Waals surface area contributed by atoms with Crippen LogP contribution in [0.3, 0.4) is 0 Å². The van der Waals surface area contributed by atoms with Gasteiger partial charge in [0.1, 0.15) is 0 Å². The molecule has 0 fully saturated rings. The molecule has 0 radical (unpaired) electrons. The summed E-state index contributed by atoms with van der Waals surface area (Å²) in [5.41, 5.74) is 2.41. The molecular weight excluding hydrogens is 284 g/mol. The molecule has 3 rings (SSSR count). The Morgan fingerprint density at radius 3 is 2.95 bits per heavy atom. The van der Waals surface area contributed by atoms with Crippen LogP contribution in [-0.2, 0) is 12.8 Å².